The topological polar surface area (TPSA) is 115 Å². The summed E-state index contributed by atoms with van der Waals surface area (Å²) in [6.45, 7) is 7.07. The first-order chi connectivity index (χ1) is 18.0. The van der Waals surface area contributed by atoms with Crippen molar-refractivity contribution in [2.45, 2.75) is 127 Å². The number of fused-ring (bicyclic) bond motifs is 5. The smallest absolute Gasteiger partial charge is 0.306 e. The molecular formula is C30H48O8. The fourth-order valence-electron chi connectivity index (χ4n) is 10.5. The highest BCUT2D eigenvalue weighted by Gasteiger charge is 2.68. The number of hydrogen-bond acceptors (Lipinski definition) is 8. The third-order valence-corrected chi connectivity index (χ3v) is 12.7. The van der Waals surface area contributed by atoms with Gasteiger partial charge in [0.1, 0.15) is 18.3 Å². The van der Waals surface area contributed by atoms with Gasteiger partial charge in [0, 0.05) is 13.0 Å². The van der Waals surface area contributed by atoms with Gasteiger partial charge >= 0.3 is 5.97 Å². The lowest BCUT2D eigenvalue weighted by molar-refractivity contribution is -0.313. The summed E-state index contributed by atoms with van der Waals surface area (Å²) < 4.78 is 22.9. The summed E-state index contributed by atoms with van der Waals surface area (Å²) in [4.78, 5) is 11.9. The number of rotatable bonds is 4. The van der Waals surface area contributed by atoms with Crippen molar-refractivity contribution in [3.8, 4) is 0 Å². The predicted octanol–water partition coefficient (Wildman–Crippen LogP) is 3.19. The Labute approximate surface area is 226 Å². The van der Waals surface area contributed by atoms with Crippen LogP contribution in [-0.4, -0.2) is 77.4 Å². The zero-order valence-corrected chi connectivity index (χ0v) is 23.5. The molecule has 4 aliphatic carbocycles. The van der Waals surface area contributed by atoms with E-state index in [1.165, 1.54) is 7.11 Å². The SMILES string of the molecule is CO[C@H]1[C@@H](O)[C@H](C)O[C@@H](O[C@H]2CC[C@@]3(C)[C@H](CC[C@@H]4[C@@H]3CC[C@]3(C)[C@@H]([C@H]5COC(=O)C5)CC[C@]43O)C2)[C@@H]1O. The van der Waals surface area contributed by atoms with E-state index >= 15 is 0 Å². The van der Waals surface area contributed by atoms with Crippen LogP contribution >= 0.6 is 0 Å². The minimum absolute atomic E-state index is 0.00284. The third kappa shape index (κ3) is 3.95. The molecule has 8 heteroatoms. The van der Waals surface area contributed by atoms with Crippen molar-refractivity contribution in [3.05, 3.63) is 0 Å². The Bertz CT molecular complexity index is 913. The molecule has 0 amide bonds. The fourth-order valence-corrected chi connectivity index (χ4v) is 10.5. The zero-order chi connectivity index (χ0) is 27.0. The molecule has 0 unspecified atom stereocenters. The average Bonchev–Trinajstić information content (AvgIpc) is 3.43. The molecule has 0 radical (unpaired) electrons. The summed E-state index contributed by atoms with van der Waals surface area (Å²) in [6, 6.07) is 0. The number of aliphatic hydroxyl groups excluding tert-OH is 2. The third-order valence-electron chi connectivity index (χ3n) is 12.7. The molecule has 216 valence electrons. The number of ether oxygens (including phenoxy) is 4. The number of esters is 1. The van der Waals surface area contributed by atoms with Crippen LogP contribution in [-0.2, 0) is 23.7 Å². The van der Waals surface area contributed by atoms with Crippen molar-refractivity contribution in [2.75, 3.05) is 13.7 Å². The van der Waals surface area contributed by atoms with Gasteiger partial charge in [-0.05, 0) is 99.2 Å². The lowest BCUT2D eigenvalue weighted by Gasteiger charge is -2.64. The van der Waals surface area contributed by atoms with Crippen LogP contribution in [0.1, 0.15) is 85.0 Å². The molecule has 0 spiro atoms. The Hall–Kier alpha value is -0.770. The standard InChI is InChI=1S/C30H48O8/c1-16-24(32)26(35-4)25(33)27(37-16)38-19-7-10-28(2)18(14-19)5-6-22-21(28)8-11-29(3)20(9-12-30(22,29)34)17-13-23(31)36-15-17/h16-22,24-27,32-34H,5-15H2,1-4H3/t16-,17+,18+,19-,20+,21-,22+,24-,25+,26-,27-,28-,29+,30-/m0/s1. The van der Waals surface area contributed by atoms with E-state index in [1.807, 2.05) is 0 Å². The molecule has 3 N–H and O–H groups in total. The summed E-state index contributed by atoms with van der Waals surface area (Å²) >= 11 is 0. The van der Waals surface area contributed by atoms with Gasteiger partial charge in [-0.3, -0.25) is 4.79 Å². The first-order valence-corrected chi connectivity index (χ1v) is 15.1. The van der Waals surface area contributed by atoms with Gasteiger partial charge in [0.2, 0.25) is 0 Å². The lowest BCUT2D eigenvalue weighted by atomic mass is 9.43. The summed E-state index contributed by atoms with van der Waals surface area (Å²) in [6.07, 6.45) is 5.55. The van der Waals surface area contributed by atoms with E-state index in [4.69, 9.17) is 18.9 Å². The van der Waals surface area contributed by atoms with E-state index in [0.717, 1.165) is 57.8 Å². The van der Waals surface area contributed by atoms with Gasteiger partial charge in [-0.1, -0.05) is 13.8 Å². The van der Waals surface area contributed by atoms with Gasteiger partial charge in [0.15, 0.2) is 6.29 Å². The number of hydrogen-bond donors (Lipinski definition) is 3. The number of cyclic esters (lactones) is 1. The van der Waals surface area contributed by atoms with Crippen molar-refractivity contribution >= 4 is 5.97 Å². The van der Waals surface area contributed by atoms with E-state index in [9.17, 15) is 20.1 Å². The predicted molar refractivity (Wildman–Crippen MR) is 138 cm³/mol. The monoisotopic (exact) mass is 536 g/mol. The highest BCUT2D eigenvalue weighted by molar-refractivity contribution is 5.71. The van der Waals surface area contributed by atoms with E-state index in [2.05, 4.69) is 13.8 Å². The molecule has 6 fully saturated rings. The fraction of sp³-hybridized carbons (Fsp3) is 0.967. The molecule has 0 aromatic rings. The second kappa shape index (κ2) is 9.66. The molecule has 0 bridgehead atoms. The highest BCUT2D eigenvalue weighted by atomic mass is 16.7. The average molecular weight is 537 g/mol. The van der Waals surface area contributed by atoms with E-state index in [1.54, 1.807) is 6.92 Å². The van der Waals surface area contributed by atoms with Crippen LogP contribution < -0.4 is 0 Å². The van der Waals surface area contributed by atoms with Crippen LogP contribution in [0.2, 0.25) is 0 Å². The maximum absolute atomic E-state index is 12.4. The molecular weight excluding hydrogens is 488 g/mol. The molecule has 2 saturated heterocycles. The van der Waals surface area contributed by atoms with Crippen molar-refractivity contribution in [2.24, 2.45) is 40.4 Å². The Morgan fingerprint density at radius 2 is 1.71 bits per heavy atom. The molecule has 6 rings (SSSR count). The van der Waals surface area contributed by atoms with Gasteiger partial charge in [-0.25, -0.2) is 0 Å². The second-order valence-electron chi connectivity index (χ2n) is 14.1. The Morgan fingerprint density at radius 1 is 0.947 bits per heavy atom. The summed E-state index contributed by atoms with van der Waals surface area (Å²) in [5.41, 5.74) is -0.654. The van der Waals surface area contributed by atoms with Gasteiger partial charge in [0.05, 0.1) is 30.8 Å². The van der Waals surface area contributed by atoms with Crippen molar-refractivity contribution in [3.63, 3.8) is 0 Å². The van der Waals surface area contributed by atoms with E-state index in [0.29, 0.717) is 36.7 Å². The highest BCUT2D eigenvalue weighted by Crippen LogP contribution is 2.70. The molecule has 2 aliphatic heterocycles. The molecule has 14 atom stereocenters. The number of carbonyl (C=O) groups is 1. The zero-order valence-electron chi connectivity index (χ0n) is 23.5. The molecule has 0 aromatic carbocycles. The summed E-state index contributed by atoms with van der Waals surface area (Å²) in [5.74, 6) is 1.82. The van der Waals surface area contributed by atoms with Crippen LogP contribution in [0.15, 0.2) is 0 Å². The van der Waals surface area contributed by atoms with Gasteiger partial charge in [-0.15, -0.1) is 0 Å². The number of methoxy groups -OCH3 is 1. The van der Waals surface area contributed by atoms with Crippen molar-refractivity contribution in [1.29, 1.82) is 0 Å². The molecule has 0 aromatic heterocycles. The normalized spacial score (nSPS) is 56.6. The first-order valence-electron chi connectivity index (χ1n) is 15.1. The first kappa shape index (κ1) is 27.4. The quantitative estimate of drug-likeness (QED) is 0.371. The maximum Gasteiger partial charge on any atom is 0.306 e. The molecule has 4 saturated carbocycles. The molecule has 38 heavy (non-hydrogen) atoms. The summed E-state index contributed by atoms with van der Waals surface area (Å²) in [7, 11) is 1.49. The van der Waals surface area contributed by atoms with Crippen LogP contribution in [0.3, 0.4) is 0 Å². The Morgan fingerprint density at radius 3 is 2.42 bits per heavy atom. The Balaban J connectivity index is 1.14. The van der Waals surface area contributed by atoms with Crippen LogP contribution in [0, 0.1) is 40.4 Å². The largest absolute Gasteiger partial charge is 0.465 e. The van der Waals surface area contributed by atoms with Gasteiger partial charge < -0.3 is 34.3 Å². The van der Waals surface area contributed by atoms with Crippen LogP contribution in [0.5, 0.6) is 0 Å². The number of carbonyl (C=O) groups excluding carboxylic acids is 1. The summed E-state index contributed by atoms with van der Waals surface area (Å²) in [5, 5.41) is 33.5. The van der Waals surface area contributed by atoms with Gasteiger partial charge in [-0.2, -0.15) is 0 Å². The second-order valence-corrected chi connectivity index (χ2v) is 14.1. The van der Waals surface area contributed by atoms with Crippen molar-refractivity contribution < 1.29 is 39.1 Å². The van der Waals surface area contributed by atoms with E-state index < -0.39 is 36.3 Å². The molecule has 6 aliphatic rings. The van der Waals surface area contributed by atoms with Gasteiger partial charge in [0.25, 0.3) is 0 Å². The number of aliphatic hydroxyl groups is 3. The molecule has 8 nitrogen and oxygen atoms in total. The lowest BCUT2D eigenvalue weighted by Crippen LogP contribution is -2.63. The van der Waals surface area contributed by atoms with Crippen LogP contribution in [0.25, 0.3) is 0 Å². The van der Waals surface area contributed by atoms with E-state index in [-0.39, 0.29) is 28.8 Å². The van der Waals surface area contributed by atoms with Crippen molar-refractivity contribution in [1.82, 2.24) is 0 Å². The maximum atomic E-state index is 12.4. The molecule has 2 heterocycles. The minimum atomic E-state index is -1.03. The Kier molecular flexibility index (Phi) is 6.97. The minimum Gasteiger partial charge on any atom is -0.465 e. The van der Waals surface area contributed by atoms with Crippen LogP contribution in [0.4, 0.5) is 0 Å².